The van der Waals surface area contributed by atoms with Gasteiger partial charge in [-0.25, -0.2) is 4.98 Å². The van der Waals surface area contributed by atoms with Crippen molar-refractivity contribution < 1.29 is 4.79 Å². The highest BCUT2D eigenvalue weighted by Gasteiger charge is 2.07. The zero-order chi connectivity index (χ0) is 16.1. The summed E-state index contributed by atoms with van der Waals surface area (Å²) >= 11 is 3.36. The number of hydrogen-bond acceptors (Lipinski definition) is 3. The molecule has 3 aromatic rings. The van der Waals surface area contributed by atoms with Crippen LogP contribution in [0.4, 0.5) is 17.2 Å². The van der Waals surface area contributed by atoms with Gasteiger partial charge in [0, 0.05) is 22.0 Å². The predicted octanol–water partition coefficient (Wildman–Crippen LogP) is 4.84. The van der Waals surface area contributed by atoms with Crippen molar-refractivity contribution in [2.75, 3.05) is 10.6 Å². The summed E-state index contributed by atoms with van der Waals surface area (Å²) in [6.45, 7) is 0. The van der Waals surface area contributed by atoms with Gasteiger partial charge < -0.3 is 10.6 Å². The van der Waals surface area contributed by atoms with Crippen LogP contribution in [0.5, 0.6) is 0 Å². The quantitative estimate of drug-likeness (QED) is 0.693. The smallest absolute Gasteiger partial charge is 0.257 e. The van der Waals surface area contributed by atoms with Gasteiger partial charge in [-0.05, 0) is 48.5 Å². The molecule has 0 fully saturated rings. The molecule has 0 aliphatic rings. The lowest BCUT2D eigenvalue weighted by Crippen LogP contribution is -2.12. The third-order valence-corrected chi connectivity index (χ3v) is 3.70. The first-order valence-corrected chi connectivity index (χ1v) is 7.85. The number of carbonyl (C=O) groups is 1. The van der Waals surface area contributed by atoms with Crippen LogP contribution in [-0.4, -0.2) is 10.9 Å². The van der Waals surface area contributed by atoms with Crippen molar-refractivity contribution in [1.29, 1.82) is 0 Å². The van der Waals surface area contributed by atoms with E-state index in [4.69, 9.17) is 0 Å². The Hall–Kier alpha value is -2.66. The lowest BCUT2D eigenvalue weighted by Gasteiger charge is -2.07. The van der Waals surface area contributed by atoms with Gasteiger partial charge in [-0.1, -0.05) is 34.1 Å². The van der Waals surface area contributed by atoms with Gasteiger partial charge in [0.05, 0.1) is 5.56 Å². The number of nitrogens with zero attached hydrogens (tertiary/aromatic N) is 1. The van der Waals surface area contributed by atoms with Crippen molar-refractivity contribution in [3.05, 3.63) is 83.0 Å². The van der Waals surface area contributed by atoms with E-state index < -0.39 is 0 Å². The maximum Gasteiger partial charge on any atom is 0.257 e. The predicted molar refractivity (Wildman–Crippen MR) is 96.1 cm³/mol. The fraction of sp³-hybridized carbons (Fsp3) is 0. The molecular formula is C18H14BrN3O. The average molecular weight is 368 g/mol. The fourth-order valence-electron chi connectivity index (χ4n) is 2.01. The third-order valence-electron chi connectivity index (χ3n) is 3.17. The Balaban J connectivity index is 1.66. The molecule has 0 bridgehead atoms. The molecule has 0 saturated heterocycles. The highest BCUT2D eigenvalue weighted by atomic mass is 79.9. The van der Waals surface area contributed by atoms with Crippen molar-refractivity contribution in [2.24, 2.45) is 0 Å². The van der Waals surface area contributed by atoms with Gasteiger partial charge >= 0.3 is 0 Å². The highest BCUT2D eigenvalue weighted by Crippen LogP contribution is 2.16. The minimum atomic E-state index is -0.189. The molecule has 2 aromatic carbocycles. The number of carbonyl (C=O) groups excluding carboxylic acids is 1. The summed E-state index contributed by atoms with van der Waals surface area (Å²) in [6.07, 6.45) is 1.56. The van der Waals surface area contributed by atoms with Crippen LogP contribution in [0.15, 0.2) is 77.4 Å². The molecule has 23 heavy (non-hydrogen) atoms. The fourth-order valence-corrected chi connectivity index (χ4v) is 2.27. The molecule has 114 valence electrons. The molecule has 3 rings (SSSR count). The lowest BCUT2D eigenvalue weighted by molar-refractivity contribution is 0.102. The standard InChI is InChI=1S/C18H14BrN3O/c19-14-7-9-16(10-8-14)22-18(23)13-6-11-17(20-12-13)21-15-4-2-1-3-5-15/h1-12H,(H,20,21)(H,22,23). The molecule has 0 atom stereocenters. The second-order valence-electron chi connectivity index (χ2n) is 4.88. The van der Waals surface area contributed by atoms with Gasteiger partial charge in [0.2, 0.25) is 0 Å². The number of benzene rings is 2. The molecule has 4 nitrogen and oxygen atoms in total. The zero-order valence-corrected chi connectivity index (χ0v) is 13.7. The second-order valence-corrected chi connectivity index (χ2v) is 5.80. The summed E-state index contributed by atoms with van der Waals surface area (Å²) in [5, 5.41) is 6.01. The van der Waals surface area contributed by atoms with Crippen LogP contribution in [-0.2, 0) is 0 Å². The van der Waals surface area contributed by atoms with E-state index in [0.717, 1.165) is 15.8 Å². The Morgan fingerprint density at radius 2 is 1.61 bits per heavy atom. The normalized spacial score (nSPS) is 10.1. The first kappa shape index (κ1) is 15.2. The molecule has 0 radical (unpaired) electrons. The van der Waals surface area contributed by atoms with Crippen LogP contribution in [0.25, 0.3) is 0 Å². The minimum absolute atomic E-state index is 0.189. The van der Waals surface area contributed by atoms with Gasteiger partial charge in [0.15, 0.2) is 0 Å². The first-order chi connectivity index (χ1) is 11.2. The van der Waals surface area contributed by atoms with Crippen molar-refractivity contribution in [3.63, 3.8) is 0 Å². The van der Waals surface area contributed by atoms with Crippen LogP contribution in [0, 0.1) is 0 Å². The van der Waals surface area contributed by atoms with Crippen LogP contribution < -0.4 is 10.6 Å². The molecule has 1 aromatic heterocycles. The van der Waals surface area contributed by atoms with Gasteiger partial charge in [0.25, 0.3) is 5.91 Å². The maximum atomic E-state index is 12.2. The Labute approximate surface area is 142 Å². The van der Waals surface area contributed by atoms with Gasteiger partial charge in [-0.2, -0.15) is 0 Å². The van der Waals surface area contributed by atoms with E-state index in [-0.39, 0.29) is 5.91 Å². The van der Waals surface area contributed by atoms with E-state index in [1.165, 1.54) is 0 Å². The number of nitrogens with one attached hydrogen (secondary N) is 2. The number of halogens is 1. The van der Waals surface area contributed by atoms with Crippen molar-refractivity contribution in [2.45, 2.75) is 0 Å². The summed E-state index contributed by atoms with van der Waals surface area (Å²) in [7, 11) is 0. The van der Waals surface area contributed by atoms with E-state index in [9.17, 15) is 4.79 Å². The van der Waals surface area contributed by atoms with Crippen molar-refractivity contribution >= 4 is 39.0 Å². The molecule has 0 aliphatic carbocycles. The zero-order valence-electron chi connectivity index (χ0n) is 12.2. The molecule has 5 heteroatoms. The summed E-state index contributed by atoms with van der Waals surface area (Å²) in [5.74, 6) is 0.502. The summed E-state index contributed by atoms with van der Waals surface area (Å²) in [4.78, 5) is 16.5. The maximum absolute atomic E-state index is 12.2. The second kappa shape index (κ2) is 7.07. The van der Waals surface area contributed by atoms with E-state index in [2.05, 4.69) is 31.5 Å². The van der Waals surface area contributed by atoms with Gasteiger partial charge in [0.1, 0.15) is 5.82 Å². The molecule has 0 unspecified atom stereocenters. The van der Waals surface area contributed by atoms with E-state index in [1.807, 2.05) is 54.6 Å². The number of hydrogen-bond donors (Lipinski definition) is 2. The minimum Gasteiger partial charge on any atom is -0.340 e. The SMILES string of the molecule is O=C(Nc1ccc(Br)cc1)c1ccc(Nc2ccccc2)nc1. The van der Waals surface area contributed by atoms with Gasteiger partial charge in [-0.3, -0.25) is 4.79 Å². The molecule has 0 spiro atoms. The van der Waals surface area contributed by atoms with Crippen molar-refractivity contribution in [3.8, 4) is 0 Å². The Bertz CT molecular complexity index is 787. The summed E-state index contributed by atoms with van der Waals surface area (Å²) < 4.78 is 0.966. The topological polar surface area (TPSA) is 54.0 Å². The van der Waals surface area contributed by atoms with Crippen LogP contribution in [0.2, 0.25) is 0 Å². The number of amides is 1. The number of pyridine rings is 1. The molecule has 1 amide bonds. The van der Waals surface area contributed by atoms with Crippen LogP contribution >= 0.6 is 15.9 Å². The molecular weight excluding hydrogens is 354 g/mol. The highest BCUT2D eigenvalue weighted by molar-refractivity contribution is 9.10. The third kappa shape index (κ3) is 4.17. The molecule has 0 saturated carbocycles. The van der Waals surface area contributed by atoms with Crippen LogP contribution in [0.1, 0.15) is 10.4 Å². The van der Waals surface area contributed by atoms with Gasteiger partial charge in [-0.15, -0.1) is 0 Å². The summed E-state index contributed by atoms with van der Waals surface area (Å²) in [6, 6.07) is 20.7. The Morgan fingerprint density at radius 1 is 0.870 bits per heavy atom. The molecule has 2 N–H and O–H groups in total. The van der Waals surface area contributed by atoms with E-state index in [1.54, 1.807) is 18.3 Å². The van der Waals surface area contributed by atoms with Crippen molar-refractivity contribution in [1.82, 2.24) is 4.98 Å². The number of para-hydroxylation sites is 1. The Kier molecular flexibility index (Phi) is 4.68. The molecule has 0 aliphatic heterocycles. The number of rotatable bonds is 4. The number of anilines is 3. The lowest BCUT2D eigenvalue weighted by atomic mass is 10.2. The first-order valence-electron chi connectivity index (χ1n) is 7.06. The average Bonchev–Trinajstić information content (AvgIpc) is 2.58. The monoisotopic (exact) mass is 367 g/mol. The summed E-state index contributed by atoms with van der Waals surface area (Å²) in [5.41, 5.74) is 2.20. The Morgan fingerprint density at radius 3 is 2.26 bits per heavy atom. The van der Waals surface area contributed by atoms with E-state index in [0.29, 0.717) is 11.4 Å². The van der Waals surface area contributed by atoms with E-state index >= 15 is 0 Å². The largest absolute Gasteiger partial charge is 0.340 e. The molecule has 1 heterocycles. The number of aromatic nitrogens is 1. The van der Waals surface area contributed by atoms with Crippen LogP contribution in [0.3, 0.4) is 0 Å².